The summed E-state index contributed by atoms with van der Waals surface area (Å²) in [6.07, 6.45) is -4.31. The molecule has 0 fully saturated rings. The van der Waals surface area contributed by atoms with E-state index in [4.69, 9.17) is 0 Å². The SMILES string of the molecule is CC(NCc1csnn1)c1cccc(C(F)(F)F)c1. The summed E-state index contributed by atoms with van der Waals surface area (Å²) in [5.41, 5.74) is 0.746. The minimum Gasteiger partial charge on any atom is -0.304 e. The van der Waals surface area contributed by atoms with Gasteiger partial charge in [0, 0.05) is 18.0 Å². The number of nitrogens with one attached hydrogen (secondary N) is 1. The first kappa shape index (κ1) is 14.0. The molecule has 0 saturated carbocycles. The van der Waals surface area contributed by atoms with Crippen molar-refractivity contribution in [1.29, 1.82) is 0 Å². The zero-order chi connectivity index (χ0) is 13.9. The summed E-state index contributed by atoms with van der Waals surface area (Å²) < 4.78 is 41.5. The van der Waals surface area contributed by atoms with E-state index in [2.05, 4.69) is 14.9 Å². The van der Waals surface area contributed by atoms with Gasteiger partial charge in [-0.2, -0.15) is 13.2 Å². The molecule has 3 nitrogen and oxygen atoms in total. The predicted molar refractivity (Wildman–Crippen MR) is 66.6 cm³/mol. The van der Waals surface area contributed by atoms with Crippen LogP contribution in [0.25, 0.3) is 0 Å². The number of alkyl halides is 3. The van der Waals surface area contributed by atoms with E-state index in [1.54, 1.807) is 11.4 Å². The van der Waals surface area contributed by atoms with Gasteiger partial charge < -0.3 is 5.32 Å². The average Bonchev–Trinajstić information content (AvgIpc) is 2.88. The number of aromatic nitrogens is 2. The van der Waals surface area contributed by atoms with Gasteiger partial charge in [0.25, 0.3) is 0 Å². The summed E-state index contributed by atoms with van der Waals surface area (Å²) in [5, 5.41) is 8.78. The average molecular weight is 287 g/mol. The Hall–Kier alpha value is -1.47. The van der Waals surface area contributed by atoms with Gasteiger partial charge in [-0.1, -0.05) is 16.6 Å². The Kier molecular flexibility index (Phi) is 4.16. The fourth-order valence-corrected chi connectivity index (χ4v) is 2.07. The van der Waals surface area contributed by atoms with Crippen LogP contribution in [0.4, 0.5) is 13.2 Å². The molecule has 2 rings (SSSR count). The highest BCUT2D eigenvalue weighted by molar-refractivity contribution is 7.03. The van der Waals surface area contributed by atoms with Gasteiger partial charge in [0.2, 0.25) is 0 Å². The standard InChI is InChI=1S/C12H12F3N3S/c1-8(16-6-11-7-19-18-17-11)9-3-2-4-10(5-9)12(13,14)15/h2-5,7-8,16H,6H2,1H3. The molecule has 102 valence electrons. The predicted octanol–water partition coefficient (Wildman–Crippen LogP) is 3.41. The largest absolute Gasteiger partial charge is 0.416 e. The Morgan fingerprint density at radius 2 is 2.16 bits per heavy atom. The molecule has 0 amide bonds. The molecule has 1 aromatic carbocycles. The molecule has 0 radical (unpaired) electrons. The Bertz CT molecular complexity index is 525. The van der Waals surface area contributed by atoms with Crippen molar-refractivity contribution < 1.29 is 13.2 Å². The zero-order valence-electron chi connectivity index (χ0n) is 10.1. The number of rotatable bonds is 4. The van der Waals surface area contributed by atoms with Gasteiger partial charge >= 0.3 is 6.18 Å². The highest BCUT2D eigenvalue weighted by atomic mass is 32.1. The van der Waals surface area contributed by atoms with Gasteiger partial charge in [-0.05, 0) is 36.2 Å². The van der Waals surface area contributed by atoms with Crippen LogP contribution in [0.5, 0.6) is 0 Å². The molecule has 7 heteroatoms. The molecule has 1 N–H and O–H groups in total. The van der Waals surface area contributed by atoms with Crippen LogP contribution in [-0.2, 0) is 12.7 Å². The lowest BCUT2D eigenvalue weighted by atomic mass is 10.0. The third-order valence-corrected chi connectivity index (χ3v) is 3.26. The van der Waals surface area contributed by atoms with Gasteiger partial charge in [-0.15, -0.1) is 5.10 Å². The second-order valence-corrected chi connectivity index (χ2v) is 4.73. The number of benzene rings is 1. The van der Waals surface area contributed by atoms with Crippen molar-refractivity contribution in [2.75, 3.05) is 0 Å². The molecule has 1 aromatic heterocycles. The first-order chi connectivity index (χ1) is 8.97. The van der Waals surface area contributed by atoms with Crippen molar-refractivity contribution in [3.63, 3.8) is 0 Å². The van der Waals surface area contributed by atoms with Crippen molar-refractivity contribution in [2.45, 2.75) is 25.7 Å². The van der Waals surface area contributed by atoms with Crippen LogP contribution in [-0.4, -0.2) is 9.59 Å². The van der Waals surface area contributed by atoms with Crippen LogP contribution in [0, 0.1) is 0 Å². The summed E-state index contributed by atoms with van der Waals surface area (Å²) in [7, 11) is 0. The highest BCUT2D eigenvalue weighted by Crippen LogP contribution is 2.30. The topological polar surface area (TPSA) is 37.8 Å². The molecule has 19 heavy (non-hydrogen) atoms. The Labute approximate surface area is 112 Å². The molecule has 0 spiro atoms. The van der Waals surface area contributed by atoms with Crippen LogP contribution in [0.3, 0.4) is 0 Å². The van der Waals surface area contributed by atoms with Crippen LogP contribution in [0.15, 0.2) is 29.6 Å². The van der Waals surface area contributed by atoms with Crippen molar-refractivity contribution in [1.82, 2.24) is 14.9 Å². The van der Waals surface area contributed by atoms with E-state index in [1.807, 2.05) is 6.92 Å². The van der Waals surface area contributed by atoms with Crippen molar-refractivity contribution in [3.8, 4) is 0 Å². The normalized spacial score (nSPS) is 13.5. The number of nitrogens with zero attached hydrogens (tertiary/aromatic N) is 2. The first-order valence-corrected chi connectivity index (χ1v) is 6.47. The lowest BCUT2D eigenvalue weighted by molar-refractivity contribution is -0.137. The lowest BCUT2D eigenvalue weighted by Gasteiger charge is -2.15. The Morgan fingerprint density at radius 3 is 2.79 bits per heavy atom. The fraction of sp³-hybridized carbons (Fsp3) is 0.333. The Morgan fingerprint density at radius 1 is 1.37 bits per heavy atom. The maximum Gasteiger partial charge on any atom is 0.416 e. The second kappa shape index (κ2) is 5.66. The molecule has 1 atom stereocenters. The molecule has 0 aliphatic heterocycles. The maximum atomic E-state index is 12.6. The molecular formula is C12H12F3N3S. The lowest BCUT2D eigenvalue weighted by Crippen LogP contribution is -2.19. The van der Waals surface area contributed by atoms with Crippen molar-refractivity contribution >= 4 is 11.5 Å². The van der Waals surface area contributed by atoms with E-state index in [1.165, 1.54) is 17.6 Å². The summed E-state index contributed by atoms with van der Waals surface area (Å²) in [6, 6.07) is 5.13. The van der Waals surface area contributed by atoms with E-state index in [9.17, 15) is 13.2 Å². The minimum absolute atomic E-state index is 0.191. The highest BCUT2D eigenvalue weighted by Gasteiger charge is 2.30. The van der Waals surface area contributed by atoms with E-state index in [0.29, 0.717) is 12.1 Å². The third-order valence-electron chi connectivity index (χ3n) is 2.71. The molecule has 1 unspecified atom stereocenters. The summed E-state index contributed by atoms with van der Waals surface area (Å²) in [4.78, 5) is 0. The maximum absolute atomic E-state index is 12.6. The van der Waals surface area contributed by atoms with Gasteiger partial charge in [-0.3, -0.25) is 0 Å². The number of hydrogen-bond acceptors (Lipinski definition) is 4. The van der Waals surface area contributed by atoms with Gasteiger partial charge in [0.05, 0.1) is 11.3 Å². The molecule has 2 aromatic rings. The Balaban J connectivity index is 2.04. The van der Waals surface area contributed by atoms with Crippen LogP contribution in [0.2, 0.25) is 0 Å². The summed E-state index contributed by atoms with van der Waals surface area (Å²) in [6.45, 7) is 2.29. The number of hydrogen-bond donors (Lipinski definition) is 1. The van der Waals surface area contributed by atoms with E-state index in [-0.39, 0.29) is 6.04 Å². The van der Waals surface area contributed by atoms with Crippen molar-refractivity contribution in [2.24, 2.45) is 0 Å². The third kappa shape index (κ3) is 3.74. The first-order valence-electron chi connectivity index (χ1n) is 5.63. The van der Waals surface area contributed by atoms with Crippen LogP contribution >= 0.6 is 11.5 Å². The second-order valence-electron chi connectivity index (χ2n) is 4.12. The molecule has 0 bridgehead atoms. The molecule has 0 aliphatic carbocycles. The zero-order valence-corrected chi connectivity index (χ0v) is 10.9. The smallest absolute Gasteiger partial charge is 0.304 e. The van der Waals surface area contributed by atoms with Crippen LogP contribution < -0.4 is 5.32 Å². The van der Waals surface area contributed by atoms with Crippen molar-refractivity contribution in [3.05, 3.63) is 46.5 Å². The number of halogens is 3. The van der Waals surface area contributed by atoms with Gasteiger partial charge in [-0.25, -0.2) is 0 Å². The van der Waals surface area contributed by atoms with Gasteiger partial charge in [0.1, 0.15) is 0 Å². The minimum atomic E-state index is -4.31. The molecule has 0 aliphatic rings. The molecular weight excluding hydrogens is 275 g/mol. The fourth-order valence-electron chi connectivity index (χ4n) is 1.62. The van der Waals surface area contributed by atoms with Gasteiger partial charge in [0.15, 0.2) is 0 Å². The van der Waals surface area contributed by atoms with E-state index in [0.717, 1.165) is 17.8 Å². The molecule has 0 saturated heterocycles. The monoisotopic (exact) mass is 287 g/mol. The van der Waals surface area contributed by atoms with Crippen LogP contribution in [0.1, 0.15) is 29.8 Å². The summed E-state index contributed by atoms with van der Waals surface area (Å²) >= 11 is 1.24. The van der Waals surface area contributed by atoms with E-state index < -0.39 is 11.7 Å². The molecule has 1 heterocycles. The summed E-state index contributed by atoms with van der Waals surface area (Å²) in [5.74, 6) is 0. The quantitative estimate of drug-likeness (QED) is 0.936. The van der Waals surface area contributed by atoms with E-state index >= 15 is 0 Å².